The average molecular weight is 359 g/mol. The molecule has 1 saturated carbocycles. The van der Waals surface area contributed by atoms with E-state index < -0.39 is 0 Å². The maximum atomic E-state index is 6.62. The Bertz CT molecular complexity index is 832. The van der Waals surface area contributed by atoms with E-state index in [9.17, 15) is 0 Å². The van der Waals surface area contributed by atoms with E-state index in [4.69, 9.17) is 4.74 Å². The van der Waals surface area contributed by atoms with Crippen LogP contribution in [-0.4, -0.2) is 6.10 Å². The zero-order valence-electron chi connectivity index (χ0n) is 16.6. The Morgan fingerprint density at radius 2 is 1.59 bits per heavy atom. The lowest BCUT2D eigenvalue weighted by Gasteiger charge is -2.39. The van der Waals surface area contributed by atoms with E-state index in [0.717, 1.165) is 17.5 Å². The number of ether oxygens (including phenoxy) is 1. The molecule has 2 aromatic carbocycles. The molecule has 0 heterocycles. The lowest BCUT2D eigenvalue weighted by Crippen LogP contribution is -2.30. The summed E-state index contributed by atoms with van der Waals surface area (Å²) in [6.07, 6.45) is 9.43. The van der Waals surface area contributed by atoms with Gasteiger partial charge in [-0.05, 0) is 66.5 Å². The standard InChI is InChI=1S/C26H30O/c1-26(2)18-17-25(27-22-11-7-4-8-12-22)23-19-21(15-16-24(23)26)14-13-20-9-5-3-6-10-20/h3,5-6,9-10,15-16,19,22,25H,4,7-8,11-12,17-18H2,1-2H3. The Morgan fingerprint density at radius 1 is 0.852 bits per heavy atom. The van der Waals surface area contributed by atoms with Crippen molar-refractivity contribution in [2.24, 2.45) is 0 Å². The Balaban J connectivity index is 1.62. The normalized spacial score (nSPS) is 21.8. The third-order valence-corrected chi connectivity index (χ3v) is 6.19. The molecule has 2 aliphatic carbocycles. The topological polar surface area (TPSA) is 9.23 Å². The Morgan fingerprint density at radius 3 is 2.37 bits per heavy atom. The molecule has 1 heteroatoms. The summed E-state index contributed by atoms with van der Waals surface area (Å²) < 4.78 is 6.62. The quantitative estimate of drug-likeness (QED) is 0.553. The van der Waals surface area contributed by atoms with Gasteiger partial charge in [-0.15, -0.1) is 0 Å². The van der Waals surface area contributed by atoms with Gasteiger partial charge in [0.15, 0.2) is 0 Å². The molecule has 1 unspecified atom stereocenters. The van der Waals surface area contributed by atoms with Gasteiger partial charge in [0, 0.05) is 11.1 Å². The van der Waals surface area contributed by atoms with Crippen LogP contribution in [0.15, 0.2) is 48.5 Å². The molecule has 0 radical (unpaired) electrons. The summed E-state index contributed by atoms with van der Waals surface area (Å²) in [6, 6.07) is 17.0. The number of hydrogen-bond acceptors (Lipinski definition) is 1. The smallest absolute Gasteiger partial charge is 0.0832 e. The highest BCUT2D eigenvalue weighted by Crippen LogP contribution is 2.44. The van der Waals surface area contributed by atoms with E-state index >= 15 is 0 Å². The maximum absolute atomic E-state index is 6.62. The first-order valence-electron chi connectivity index (χ1n) is 10.5. The second kappa shape index (κ2) is 7.91. The summed E-state index contributed by atoms with van der Waals surface area (Å²) >= 11 is 0. The zero-order valence-corrected chi connectivity index (χ0v) is 16.6. The van der Waals surface area contributed by atoms with Gasteiger partial charge in [-0.25, -0.2) is 0 Å². The summed E-state index contributed by atoms with van der Waals surface area (Å²) in [7, 11) is 0. The lowest BCUT2D eigenvalue weighted by atomic mass is 9.71. The minimum Gasteiger partial charge on any atom is -0.370 e. The first kappa shape index (κ1) is 18.3. The number of rotatable bonds is 2. The molecule has 0 bridgehead atoms. The van der Waals surface area contributed by atoms with Gasteiger partial charge in [0.2, 0.25) is 0 Å². The number of benzene rings is 2. The SMILES string of the molecule is CC1(C)CCC(OC2CCCCC2)c2cc(C#Cc3ccccc3)ccc21. The average Bonchev–Trinajstić information content (AvgIpc) is 2.70. The first-order valence-corrected chi connectivity index (χ1v) is 10.5. The molecule has 2 aliphatic rings. The van der Waals surface area contributed by atoms with Crippen LogP contribution >= 0.6 is 0 Å². The highest BCUT2D eigenvalue weighted by Gasteiger charge is 2.34. The van der Waals surface area contributed by atoms with Gasteiger partial charge in [0.05, 0.1) is 12.2 Å². The molecule has 0 aliphatic heterocycles. The summed E-state index contributed by atoms with van der Waals surface area (Å²) in [5.74, 6) is 6.65. The summed E-state index contributed by atoms with van der Waals surface area (Å²) in [6.45, 7) is 4.72. The van der Waals surface area contributed by atoms with Crippen molar-refractivity contribution in [3.05, 3.63) is 70.8 Å². The van der Waals surface area contributed by atoms with Gasteiger partial charge in [-0.3, -0.25) is 0 Å². The van der Waals surface area contributed by atoms with Crippen molar-refractivity contribution in [1.29, 1.82) is 0 Å². The fourth-order valence-corrected chi connectivity index (χ4v) is 4.55. The number of fused-ring (bicyclic) bond motifs is 1. The predicted octanol–water partition coefficient (Wildman–Crippen LogP) is 6.55. The van der Waals surface area contributed by atoms with Crippen molar-refractivity contribution in [1.82, 2.24) is 0 Å². The van der Waals surface area contributed by atoms with E-state index in [0.29, 0.717) is 6.10 Å². The van der Waals surface area contributed by atoms with E-state index in [1.54, 1.807) is 0 Å². The second-order valence-corrected chi connectivity index (χ2v) is 8.73. The molecule has 2 aromatic rings. The van der Waals surface area contributed by atoms with Crippen molar-refractivity contribution >= 4 is 0 Å². The van der Waals surface area contributed by atoms with Crippen LogP contribution in [0.4, 0.5) is 0 Å². The Labute approximate surface area is 164 Å². The first-order chi connectivity index (χ1) is 13.1. The minimum atomic E-state index is 0.215. The Hall–Kier alpha value is -2.04. The van der Waals surface area contributed by atoms with Crippen molar-refractivity contribution in [3.8, 4) is 11.8 Å². The van der Waals surface area contributed by atoms with E-state index in [2.05, 4.69) is 56.0 Å². The van der Waals surface area contributed by atoms with Crippen molar-refractivity contribution in [3.63, 3.8) is 0 Å². The third kappa shape index (κ3) is 4.28. The van der Waals surface area contributed by atoms with Gasteiger partial charge >= 0.3 is 0 Å². The van der Waals surface area contributed by atoms with Crippen molar-refractivity contribution < 1.29 is 4.74 Å². The monoisotopic (exact) mass is 358 g/mol. The molecular formula is C26H30O. The number of hydrogen-bond donors (Lipinski definition) is 0. The molecule has 0 aromatic heterocycles. The third-order valence-electron chi connectivity index (χ3n) is 6.19. The van der Waals surface area contributed by atoms with Crippen LogP contribution in [0.1, 0.15) is 87.2 Å². The molecule has 4 rings (SSSR count). The van der Waals surface area contributed by atoms with E-state index in [1.807, 2.05) is 18.2 Å². The fraction of sp³-hybridized carbons (Fsp3) is 0.462. The van der Waals surface area contributed by atoms with Gasteiger partial charge in [-0.1, -0.05) is 69.2 Å². The van der Waals surface area contributed by atoms with Gasteiger partial charge in [-0.2, -0.15) is 0 Å². The van der Waals surface area contributed by atoms with E-state index in [-0.39, 0.29) is 11.5 Å². The van der Waals surface area contributed by atoms with Crippen molar-refractivity contribution in [2.45, 2.75) is 76.4 Å². The van der Waals surface area contributed by atoms with Crippen LogP contribution in [-0.2, 0) is 10.2 Å². The van der Waals surface area contributed by atoms with Gasteiger partial charge in [0.25, 0.3) is 0 Å². The molecule has 27 heavy (non-hydrogen) atoms. The van der Waals surface area contributed by atoms with Crippen LogP contribution in [0.5, 0.6) is 0 Å². The second-order valence-electron chi connectivity index (χ2n) is 8.73. The summed E-state index contributed by atoms with van der Waals surface area (Å²) in [5, 5.41) is 0. The lowest BCUT2D eigenvalue weighted by molar-refractivity contribution is -0.0428. The zero-order chi connectivity index (χ0) is 18.7. The van der Waals surface area contributed by atoms with Crippen LogP contribution in [0.2, 0.25) is 0 Å². The van der Waals surface area contributed by atoms with Crippen LogP contribution in [0.25, 0.3) is 0 Å². The largest absolute Gasteiger partial charge is 0.370 e. The molecule has 0 amide bonds. The summed E-state index contributed by atoms with van der Waals surface area (Å²) in [4.78, 5) is 0. The Kier molecular flexibility index (Phi) is 5.37. The molecule has 140 valence electrons. The van der Waals surface area contributed by atoms with Gasteiger partial charge < -0.3 is 4.74 Å². The van der Waals surface area contributed by atoms with Crippen LogP contribution in [0.3, 0.4) is 0 Å². The maximum Gasteiger partial charge on any atom is 0.0832 e. The molecule has 0 saturated heterocycles. The molecule has 0 spiro atoms. The highest BCUT2D eigenvalue weighted by molar-refractivity contribution is 5.48. The fourth-order valence-electron chi connectivity index (χ4n) is 4.55. The van der Waals surface area contributed by atoms with Crippen LogP contribution in [0, 0.1) is 11.8 Å². The van der Waals surface area contributed by atoms with Crippen LogP contribution < -0.4 is 0 Å². The molecule has 1 nitrogen and oxygen atoms in total. The van der Waals surface area contributed by atoms with Crippen molar-refractivity contribution in [2.75, 3.05) is 0 Å². The molecule has 1 atom stereocenters. The molecule has 0 N–H and O–H groups in total. The molecular weight excluding hydrogens is 328 g/mol. The predicted molar refractivity (Wildman–Crippen MR) is 112 cm³/mol. The van der Waals surface area contributed by atoms with E-state index in [1.165, 1.54) is 49.7 Å². The summed E-state index contributed by atoms with van der Waals surface area (Å²) in [5.41, 5.74) is 5.18. The van der Waals surface area contributed by atoms with Gasteiger partial charge in [0.1, 0.15) is 0 Å². The minimum absolute atomic E-state index is 0.215. The highest BCUT2D eigenvalue weighted by atomic mass is 16.5. The molecule has 1 fully saturated rings.